The van der Waals surface area contributed by atoms with Crippen LogP contribution >= 0.6 is 0 Å². The van der Waals surface area contributed by atoms with E-state index < -0.39 is 0 Å². The van der Waals surface area contributed by atoms with Gasteiger partial charge in [0.2, 0.25) is 5.56 Å². The van der Waals surface area contributed by atoms with E-state index in [1.54, 1.807) is 18.2 Å². The average molecular weight is 313 g/mol. The Morgan fingerprint density at radius 2 is 2.00 bits per heavy atom. The average Bonchev–Trinajstić information content (AvgIpc) is 3.03. The predicted molar refractivity (Wildman–Crippen MR) is 80.1 cm³/mol. The Labute approximate surface area is 129 Å². The van der Waals surface area contributed by atoms with Gasteiger partial charge in [-0.2, -0.15) is 0 Å². The molecule has 2 heterocycles. The highest BCUT2D eigenvalue weighted by atomic mass is 19.1. The number of amides is 1. The first-order valence-corrected chi connectivity index (χ1v) is 6.80. The molecular weight excluding hydrogens is 301 g/mol. The Bertz CT molecular complexity index is 864. The molecular formula is C16H12FN3O3. The second-order valence-corrected chi connectivity index (χ2v) is 4.81. The van der Waals surface area contributed by atoms with E-state index in [0.29, 0.717) is 22.6 Å². The number of hydrogen-bond acceptors (Lipinski definition) is 4. The Morgan fingerprint density at radius 1 is 1.22 bits per heavy atom. The molecule has 1 amide bonds. The van der Waals surface area contributed by atoms with E-state index in [2.05, 4.69) is 15.5 Å². The number of rotatable bonds is 4. The minimum atomic E-state index is -0.340. The van der Waals surface area contributed by atoms with E-state index >= 15 is 0 Å². The Kier molecular flexibility index (Phi) is 4.01. The molecule has 0 spiro atoms. The fourth-order valence-electron chi connectivity index (χ4n) is 1.97. The molecule has 1 aromatic carbocycles. The summed E-state index contributed by atoms with van der Waals surface area (Å²) in [5.41, 5.74) is 1.29. The molecule has 0 unspecified atom stereocenters. The summed E-state index contributed by atoms with van der Waals surface area (Å²) in [6.45, 7) is 0.169. The summed E-state index contributed by atoms with van der Waals surface area (Å²) in [5, 5.41) is 6.52. The van der Waals surface area contributed by atoms with Crippen molar-refractivity contribution in [1.29, 1.82) is 0 Å². The Hall–Kier alpha value is -3.22. The molecule has 0 saturated heterocycles. The number of benzene rings is 1. The van der Waals surface area contributed by atoms with Gasteiger partial charge in [-0.05, 0) is 30.3 Å². The minimum absolute atomic E-state index is 0.169. The molecule has 0 atom stereocenters. The zero-order chi connectivity index (χ0) is 16.2. The molecule has 0 aliphatic heterocycles. The molecule has 2 aromatic heterocycles. The highest BCUT2D eigenvalue weighted by molar-refractivity contribution is 5.93. The lowest BCUT2D eigenvalue weighted by Gasteiger charge is -2.01. The maximum absolute atomic E-state index is 12.9. The Morgan fingerprint density at radius 3 is 2.70 bits per heavy atom. The molecule has 3 rings (SSSR count). The van der Waals surface area contributed by atoms with Crippen LogP contribution in [0.15, 0.2) is 58.0 Å². The quantitative estimate of drug-likeness (QED) is 0.772. The van der Waals surface area contributed by atoms with E-state index in [9.17, 15) is 14.0 Å². The number of carbonyl (C=O) groups is 1. The maximum Gasteiger partial charge on any atom is 0.253 e. The highest BCUT2D eigenvalue weighted by Gasteiger charge is 2.09. The number of aromatic amines is 1. The van der Waals surface area contributed by atoms with Crippen molar-refractivity contribution in [3.8, 4) is 11.3 Å². The molecule has 3 aromatic rings. The van der Waals surface area contributed by atoms with Gasteiger partial charge < -0.3 is 14.8 Å². The standard InChI is InChI=1S/C16H12FN3O3/c17-12-4-1-10(2-5-12)14-7-13(20-23-14)9-19-16(22)11-3-6-15(21)18-8-11/h1-8H,9H2,(H,18,21)(H,19,22). The molecule has 0 fully saturated rings. The first kappa shape index (κ1) is 14.7. The monoisotopic (exact) mass is 313 g/mol. The zero-order valence-corrected chi connectivity index (χ0v) is 11.9. The summed E-state index contributed by atoms with van der Waals surface area (Å²) in [4.78, 5) is 25.3. The minimum Gasteiger partial charge on any atom is -0.356 e. The smallest absolute Gasteiger partial charge is 0.253 e. The number of hydrogen-bond donors (Lipinski definition) is 2. The number of halogens is 1. The van der Waals surface area contributed by atoms with Gasteiger partial charge in [-0.1, -0.05) is 5.16 Å². The second-order valence-electron chi connectivity index (χ2n) is 4.81. The summed E-state index contributed by atoms with van der Waals surface area (Å²) >= 11 is 0. The summed E-state index contributed by atoms with van der Waals surface area (Å²) in [6.07, 6.45) is 1.34. The molecule has 0 saturated carbocycles. The van der Waals surface area contributed by atoms with Crippen LogP contribution in [0.1, 0.15) is 16.1 Å². The van der Waals surface area contributed by atoms with Crippen LogP contribution in [0.3, 0.4) is 0 Å². The number of H-pyrrole nitrogens is 1. The van der Waals surface area contributed by atoms with Gasteiger partial charge in [0.1, 0.15) is 11.5 Å². The molecule has 0 radical (unpaired) electrons. The van der Waals surface area contributed by atoms with Crippen molar-refractivity contribution in [1.82, 2.24) is 15.5 Å². The third kappa shape index (κ3) is 3.52. The fraction of sp³-hybridized carbons (Fsp3) is 0.0625. The normalized spacial score (nSPS) is 10.5. The van der Waals surface area contributed by atoms with Crippen molar-refractivity contribution in [2.24, 2.45) is 0 Å². The lowest BCUT2D eigenvalue weighted by Crippen LogP contribution is -2.23. The van der Waals surface area contributed by atoms with Crippen molar-refractivity contribution in [3.05, 3.63) is 76.1 Å². The molecule has 0 aliphatic rings. The van der Waals surface area contributed by atoms with Gasteiger partial charge in [-0.15, -0.1) is 0 Å². The van der Waals surface area contributed by atoms with E-state index in [1.807, 2.05) is 0 Å². The number of nitrogens with zero attached hydrogens (tertiary/aromatic N) is 1. The van der Waals surface area contributed by atoms with Gasteiger partial charge >= 0.3 is 0 Å². The molecule has 0 bridgehead atoms. The molecule has 0 aliphatic carbocycles. The SMILES string of the molecule is O=C(NCc1cc(-c2ccc(F)cc2)on1)c1ccc(=O)[nH]c1. The van der Waals surface area contributed by atoms with E-state index in [-0.39, 0.29) is 23.8 Å². The van der Waals surface area contributed by atoms with Crippen molar-refractivity contribution in [2.45, 2.75) is 6.54 Å². The molecule has 116 valence electrons. The fourth-order valence-corrected chi connectivity index (χ4v) is 1.97. The van der Waals surface area contributed by atoms with Crippen molar-refractivity contribution in [2.75, 3.05) is 0 Å². The lowest BCUT2D eigenvalue weighted by molar-refractivity contribution is 0.0949. The van der Waals surface area contributed by atoms with Gasteiger partial charge in [0, 0.05) is 23.9 Å². The molecule has 6 nitrogen and oxygen atoms in total. The van der Waals surface area contributed by atoms with E-state index in [1.165, 1.54) is 30.5 Å². The molecule has 7 heteroatoms. The van der Waals surface area contributed by atoms with Crippen LogP contribution < -0.4 is 10.9 Å². The van der Waals surface area contributed by atoms with Crippen LogP contribution in [0.2, 0.25) is 0 Å². The Balaban J connectivity index is 1.65. The number of aromatic nitrogens is 2. The van der Waals surface area contributed by atoms with Gasteiger partial charge in [0.05, 0.1) is 12.1 Å². The largest absolute Gasteiger partial charge is 0.356 e. The number of nitrogens with one attached hydrogen (secondary N) is 2. The van der Waals surface area contributed by atoms with Crippen molar-refractivity contribution in [3.63, 3.8) is 0 Å². The third-order valence-electron chi connectivity index (χ3n) is 3.16. The number of carbonyl (C=O) groups excluding carboxylic acids is 1. The summed E-state index contributed by atoms with van der Waals surface area (Å²) in [6, 6.07) is 10.2. The first-order valence-electron chi connectivity index (χ1n) is 6.80. The highest BCUT2D eigenvalue weighted by Crippen LogP contribution is 2.20. The lowest BCUT2D eigenvalue weighted by atomic mass is 10.1. The van der Waals surface area contributed by atoms with Crippen LogP contribution in [-0.2, 0) is 6.54 Å². The third-order valence-corrected chi connectivity index (χ3v) is 3.16. The van der Waals surface area contributed by atoms with Crippen LogP contribution in [0.25, 0.3) is 11.3 Å². The number of pyridine rings is 1. The van der Waals surface area contributed by atoms with Crippen LogP contribution in [-0.4, -0.2) is 16.0 Å². The van der Waals surface area contributed by atoms with E-state index in [4.69, 9.17) is 4.52 Å². The van der Waals surface area contributed by atoms with Crippen LogP contribution in [0, 0.1) is 5.82 Å². The first-order chi connectivity index (χ1) is 11.1. The van der Waals surface area contributed by atoms with Gasteiger partial charge in [-0.3, -0.25) is 9.59 Å². The van der Waals surface area contributed by atoms with Crippen molar-refractivity contribution >= 4 is 5.91 Å². The maximum atomic E-state index is 12.9. The van der Waals surface area contributed by atoms with Gasteiger partial charge in [0.15, 0.2) is 5.76 Å². The second kappa shape index (κ2) is 6.27. The topological polar surface area (TPSA) is 88.0 Å². The van der Waals surface area contributed by atoms with Crippen LogP contribution in [0.4, 0.5) is 4.39 Å². The van der Waals surface area contributed by atoms with Gasteiger partial charge in [-0.25, -0.2) is 4.39 Å². The van der Waals surface area contributed by atoms with Crippen LogP contribution in [0.5, 0.6) is 0 Å². The summed E-state index contributed by atoms with van der Waals surface area (Å²) < 4.78 is 18.1. The molecule has 2 N–H and O–H groups in total. The predicted octanol–water partition coefficient (Wildman–Crippen LogP) is 2.10. The van der Waals surface area contributed by atoms with Gasteiger partial charge in [0.25, 0.3) is 5.91 Å². The summed E-state index contributed by atoms with van der Waals surface area (Å²) in [7, 11) is 0. The zero-order valence-electron chi connectivity index (χ0n) is 11.9. The summed E-state index contributed by atoms with van der Waals surface area (Å²) in [5.74, 6) is -0.187. The van der Waals surface area contributed by atoms with Crippen molar-refractivity contribution < 1.29 is 13.7 Å². The van der Waals surface area contributed by atoms with E-state index in [0.717, 1.165) is 0 Å². The molecule has 23 heavy (non-hydrogen) atoms.